The van der Waals surface area contributed by atoms with Crippen LogP contribution in [-0.2, 0) is 0 Å². The molecule has 0 fully saturated rings. The minimum atomic E-state index is -3.16. The number of halogens is 2. The molecule has 0 aliphatic rings. The average molecular weight is 167 g/mol. The Morgan fingerprint density at radius 3 is 1.73 bits per heavy atom. The van der Waals surface area contributed by atoms with Crippen LogP contribution in [0.5, 0.6) is 0 Å². The molecular formula is C5H2F2N2NaO. The van der Waals surface area contributed by atoms with E-state index in [0.29, 0.717) is 0 Å². The van der Waals surface area contributed by atoms with Crippen molar-refractivity contribution in [3.05, 3.63) is 11.3 Å². The van der Waals surface area contributed by atoms with Crippen LogP contribution < -0.4 is 0 Å². The van der Waals surface area contributed by atoms with Gasteiger partial charge in [-0.05, 0) is 0 Å². The van der Waals surface area contributed by atoms with Gasteiger partial charge in [-0.2, -0.15) is 10.5 Å². The molecule has 0 amide bonds. The first kappa shape index (κ1) is 13.0. The second-order valence-electron chi connectivity index (χ2n) is 1.28. The topological polar surface area (TPSA) is 67.8 Å². The summed E-state index contributed by atoms with van der Waals surface area (Å²) < 4.78 is 22.9. The van der Waals surface area contributed by atoms with Gasteiger partial charge in [-0.1, -0.05) is 0 Å². The number of aliphatic hydroxyl groups is 1. The number of nitriles is 2. The van der Waals surface area contributed by atoms with E-state index in [4.69, 9.17) is 15.6 Å². The maximum atomic E-state index is 11.4. The van der Waals surface area contributed by atoms with E-state index in [2.05, 4.69) is 0 Å². The minimum absolute atomic E-state index is 0. The molecule has 11 heavy (non-hydrogen) atoms. The molecule has 0 spiro atoms. The van der Waals surface area contributed by atoms with Crippen molar-refractivity contribution < 1.29 is 13.9 Å². The predicted molar refractivity (Wildman–Crippen MR) is 32.6 cm³/mol. The summed E-state index contributed by atoms with van der Waals surface area (Å²) in [5, 5.41) is 24.1. The maximum Gasteiger partial charge on any atom is 0.296 e. The molecule has 0 saturated heterocycles. The average Bonchev–Trinajstić information content (AvgIpc) is 1.90. The van der Waals surface area contributed by atoms with Crippen molar-refractivity contribution in [1.82, 2.24) is 0 Å². The van der Waals surface area contributed by atoms with Crippen molar-refractivity contribution in [2.75, 3.05) is 0 Å². The monoisotopic (exact) mass is 167 g/mol. The van der Waals surface area contributed by atoms with Crippen LogP contribution in [0.4, 0.5) is 8.78 Å². The first-order valence-corrected chi connectivity index (χ1v) is 2.15. The predicted octanol–water partition coefficient (Wildman–Crippen LogP) is 0.730. The van der Waals surface area contributed by atoms with Crippen LogP contribution in [-0.4, -0.2) is 41.1 Å². The SMILES string of the molecule is N#CC(C#N)=C(O)C(F)F.[Na]. The van der Waals surface area contributed by atoms with E-state index in [-0.39, 0.29) is 29.6 Å². The van der Waals surface area contributed by atoms with E-state index >= 15 is 0 Å². The zero-order valence-electron chi connectivity index (χ0n) is 5.67. The van der Waals surface area contributed by atoms with Gasteiger partial charge in [-0.3, -0.25) is 0 Å². The smallest absolute Gasteiger partial charge is 0.296 e. The van der Waals surface area contributed by atoms with Crippen LogP contribution in [0.25, 0.3) is 0 Å². The van der Waals surface area contributed by atoms with Gasteiger partial charge in [0.15, 0.2) is 11.3 Å². The molecule has 0 bridgehead atoms. The van der Waals surface area contributed by atoms with E-state index in [1.165, 1.54) is 0 Å². The summed E-state index contributed by atoms with van der Waals surface area (Å²) in [5.74, 6) is -1.47. The molecule has 6 heteroatoms. The zero-order valence-corrected chi connectivity index (χ0v) is 7.67. The molecule has 1 N–H and O–H groups in total. The third-order valence-corrected chi connectivity index (χ3v) is 0.686. The molecule has 3 nitrogen and oxygen atoms in total. The Bertz CT molecular complexity index is 222. The second kappa shape index (κ2) is 6.11. The van der Waals surface area contributed by atoms with E-state index in [9.17, 15) is 8.78 Å². The second-order valence-corrected chi connectivity index (χ2v) is 1.28. The molecule has 0 aliphatic heterocycles. The van der Waals surface area contributed by atoms with Gasteiger partial charge in [0.2, 0.25) is 0 Å². The summed E-state index contributed by atoms with van der Waals surface area (Å²) in [7, 11) is 0. The number of rotatable bonds is 1. The largest absolute Gasteiger partial charge is 0.505 e. The number of hydrogen-bond donors (Lipinski definition) is 1. The van der Waals surface area contributed by atoms with Crippen molar-refractivity contribution in [2.45, 2.75) is 6.43 Å². The minimum Gasteiger partial charge on any atom is -0.505 e. The molecule has 53 valence electrons. The van der Waals surface area contributed by atoms with Crippen molar-refractivity contribution >= 4 is 29.6 Å². The number of allylic oxidation sites excluding steroid dienone is 2. The van der Waals surface area contributed by atoms with Crippen molar-refractivity contribution in [2.24, 2.45) is 0 Å². The van der Waals surface area contributed by atoms with Gasteiger partial charge < -0.3 is 5.11 Å². The quantitative estimate of drug-likeness (QED) is 0.355. The fraction of sp³-hybridized carbons (Fsp3) is 0.200. The molecule has 0 aromatic heterocycles. The van der Waals surface area contributed by atoms with Crippen LogP contribution in [0.2, 0.25) is 0 Å². The number of alkyl halides is 2. The Morgan fingerprint density at radius 1 is 1.27 bits per heavy atom. The molecule has 0 aromatic carbocycles. The normalized spacial score (nSPS) is 7.36. The van der Waals surface area contributed by atoms with Gasteiger partial charge in [0, 0.05) is 29.6 Å². The van der Waals surface area contributed by atoms with Crippen LogP contribution >= 0.6 is 0 Å². The summed E-state index contributed by atoms with van der Waals surface area (Å²) in [5.41, 5.74) is -0.949. The Kier molecular flexibility index (Phi) is 7.23. The number of aliphatic hydroxyl groups excluding tert-OH is 1. The van der Waals surface area contributed by atoms with Gasteiger partial charge in [0.25, 0.3) is 6.43 Å². The Labute approximate surface area is 83.8 Å². The van der Waals surface area contributed by atoms with Gasteiger partial charge in [0.1, 0.15) is 12.1 Å². The summed E-state index contributed by atoms with van der Waals surface area (Å²) in [6, 6.07) is 2.24. The summed E-state index contributed by atoms with van der Waals surface area (Å²) in [6.07, 6.45) is -3.16. The van der Waals surface area contributed by atoms with Gasteiger partial charge >= 0.3 is 0 Å². The van der Waals surface area contributed by atoms with E-state index in [0.717, 1.165) is 12.1 Å². The number of nitrogens with zero attached hydrogens (tertiary/aromatic N) is 2. The van der Waals surface area contributed by atoms with Gasteiger partial charge in [-0.15, -0.1) is 0 Å². The fourth-order valence-electron chi connectivity index (χ4n) is 0.249. The van der Waals surface area contributed by atoms with Crippen molar-refractivity contribution in [1.29, 1.82) is 10.5 Å². The molecule has 0 rings (SSSR count). The third-order valence-electron chi connectivity index (χ3n) is 0.686. The molecular weight excluding hydrogens is 165 g/mol. The third kappa shape index (κ3) is 3.94. The van der Waals surface area contributed by atoms with Crippen LogP contribution in [0.15, 0.2) is 11.3 Å². The molecule has 1 radical (unpaired) electrons. The van der Waals surface area contributed by atoms with Crippen LogP contribution in [0, 0.1) is 22.7 Å². The van der Waals surface area contributed by atoms with Crippen LogP contribution in [0.3, 0.4) is 0 Å². The number of hydrogen-bond acceptors (Lipinski definition) is 3. The zero-order chi connectivity index (χ0) is 8.15. The van der Waals surface area contributed by atoms with Crippen molar-refractivity contribution in [3.63, 3.8) is 0 Å². The standard InChI is InChI=1S/C5H2F2N2O.Na/c6-5(7)4(10)3(1-8)2-9;/h5,10H;. The molecule has 0 aromatic rings. The molecule has 0 atom stereocenters. The van der Waals surface area contributed by atoms with Crippen LogP contribution in [0.1, 0.15) is 0 Å². The molecule has 0 aliphatic carbocycles. The van der Waals surface area contributed by atoms with E-state index in [1.54, 1.807) is 0 Å². The van der Waals surface area contributed by atoms with Crippen molar-refractivity contribution in [3.8, 4) is 12.1 Å². The summed E-state index contributed by atoms with van der Waals surface area (Å²) in [4.78, 5) is 0. The first-order valence-electron chi connectivity index (χ1n) is 2.15. The van der Waals surface area contributed by atoms with E-state index < -0.39 is 17.8 Å². The fourth-order valence-corrected chi connectivity index (χ4v) is 0.249. The first-order chi connectivity index (χ1) is 4.63. The Hall–Kier alpha value is -0.620. The Morgan fingerprint density at radius 2 is 1.64 bits per heavy atom. The molecule has 0 heterocycles. The van der Waals surface area contributed by atoms with Gasteiger partial charge in [0.05, 0.1) is 0 Å². The molecule has 0 saturated carbocycles. The summed E-state index contributed by atoms with van der Waals surface area (Å²) in [6.45, 7) is 0. The molecule has 0 unspecified atom stereocenters. The Balaban J connectivity index is 0. The van der Waals surface area contributed by atoms with E-state index in [1.807, 2.05) is 0 Å². The maximum absolute atomic E-state index is 11.4. The summed E-state index contributed by atoms with van der Waals surface area (Å²) >= 11 is 0. The van der Waals surface area contributed by atoms with Gasteiger partial charge in [-0.25, -0.2) is 8.78 Å².